The fraction of sp³-hybridized carbons (Fsp3) is 0.400. The molecular weight excluding hydrogens is 256 g/mol. The van der Waals surface area contributed by atoms with E-state index < -0.39 is 0 Å². The lowest BCUT2D eigenvalue weighted by atomic mass is 10.1. The molecule has 0 aliphatic carbocycles. The maximum absolute atomic E-state index is 5.18. The molecular formula is C15H20N2OS. The van der Waals surface area contributed by atoms with Gasteiger partial charge in [0.15, 0.2) is 5.17 Å². The molecule has 0 atom stereocenters. The van der Waals surface area contributed by atoms with Gasteiger partial charge >= 0.3 is 0 Å². The number of nitrogens with zero attached hydrogens (tertiary/aromatic N) is 2. The van der Waals surface area contributed by atoms with Crippen molar-refractivity contribution in [1.82, 2.24) is 0 Å². The molecule has 1 aliphatic heterocycles. The number of aliphatic imine (C=N–C) groups is 1. The predicted octanol–water partition coefficient (Wildman–Crippen LogP) is 3.92. The van der Waals surface area contributed by atoms with Crippen molar-refractivity contribution in [3.8, 4) is 5.75 Å². The number of allylic oxidation sites excluding steroid dienone is 1. The van der Waals surface area contributed by atoms with E-state index in [1.807, 2.05) is 31.3 Å². The van der Waals surface area contributed by atoms with Gasteiger partial charge in [0.25, 0.3) is 0 Å². The van der Waals surface area contributed by atoms with Crippen molar-refractivity contribution in [2.75, 3.05) is 19.1 Å². The monoisotopic (exact) mass is 276 g/mol. The Kier molecular flexibility index (Phi) is 3.90. The van der Waals surface area contributed by atoms with Crippen molar-refractivity contribution >= 4 is 22.6 Å². The normalized spacial score (nSPS) is 17.5. The summed E-state index contributed by atoms with van der Waals surface area (Å²) in [7, 11) is 3.72. The van der Waals surface area contributed by atoms with Gasteiger partial charge in [-0.15, -0.1) is 0 Å². The Balaban J connectivity index is 2.24. The number of methoxy groups -OCH3 is 1. The van der Waals surface area contributed by atoms with E-state index in [0.717, 1.165) is 16.6 Å². The number of hydrogen-bond donors (Lipinski definition) is 0. The van der Waals surface area contributed by atoms with Crippen LogP contribution < -0.4 is 9.64 Å². The number of thioether (sulfide) groups is 1. The van der Waals surface area contributed by atoms with Crippen LogP contribution in [-0.4, -0.2) is 24.9 Å². The molecule has 19 heavy (non-hydrogen) atoms. The third-order valence-corrected chi connectivity index (χ3v) is 3.93. The standard InChI is InChI=1S/C15H20N2OS/c1-11-10-15(2,3)16-14(19-11)17(4)12-6-8-13(18-5)9-7-12/h6-10H,1-5H3. The zero-order valence-electron chi connectivity index (χ0n) is 12.1. The highest BCUT2D eigenvalue weighted by Crippen LogP contribution is 2.32. The fourth-order valence-electron chi connectivity index (χ4n) is 2.03. The number of anilines is 1. The van der Waals surface area contributed by atoms with Crippen LogP contribution in [0.15, 0.2) is 40.2 Å². The first-order valence-electron chi connectivity index (χ1n) is 6.26. The van der Waals surface area contributed by atoms with Crippen molar-refractivity contribution in [3.05, 3.63) is 35.2 Å². The van der Waals surface area contributed by atoms with E-state index in [1.165, 1.54) is 4.91 Å². The van der Waals surface area contributed by atoms with Gasteiger partial charge in [0.1, 0.15) is 5.75 Å². The van der Waals surface area contributed by atoms with Gasteiger partial charge in [0.05, 0.1) is 12.6 Å². The fourth-order valence-corrected chi connectivity index (χ4v) is 3.19. The van der Waals surface area contributed by atoms with Gasteiger partial charge in [0, 0.05) is 12.7 Å². The quantitative estimate of drug-likeness (QED) is 0.818. The largest absolute Gasteiger partial charge is 0.497 e. The van der Waals surface area contributed by atoms with Crippen LogP contribution in [0.3, 0.4) is 0 Å². The number of ether oxygens (including phenoxy) is 1. The highest BCUT2D eigenvalue weighted by molar-refractivity contribution is 8.17. The van der Waals surface area contributed by atoms with Crippen LogP contribution in [0.4, 0.5) is 5.69 Å². The van der Waals surface area contributed by atoms with Gasteiger partial charge in [0.2, 0.25) is 0 Å². The molecule has 0 bridgehead atoms. The Morgan fingerprint density at radius 3 is 2.37 bits per heavy atom. The average molecular weight is 276 g/mol. The molecule has 0 saturated heterocycles. The van der Waals surface area contributed by atoms with E-state index in [9.17, 15) is 0 Å². The summed E-state index contributed by atoms with van der Waals surface area (Å²) in [6.07, 6.45) is 2.20. The second-order valence-corrected chi connectivity index (χ2v) is 6.38. The Morgan fingerprint density at radius 2 is 1.84 bits per heavy atom. The summed E-state index contributed by atoms with van der Waals surface area (Å²) in [5, 5.41) is 1.02. The summed E-state index contributed by atoms with van der Waals surface area (Å²) in [6.45, 7) is 6.37. The van der Waals surface area contributed by atoms with E-state index in [4.69, 9.17) is 9.73 Å². The summed E-state index contributed by atoms with van der Waals surface area (Å²) in [5.41, 5.74) is 0.975. The number of hydrogen-bond acceptors (Lipinski definition) is 4. The molecule has 0 N–H and O–H groups in total. The Morgan fingerprint density at radius 1 is 1.21 bits per heavy atom. The van der Waals surface area contributed by atoms with Gasteiger partial charge < -0.3 is 9.64 Å². The molecule has 1 aromatic rings. The first-order valence-corrected chi connectivity index (χ1v) is 7.08. The van der Waals surface area contributed by atoms with Crippen LogP contribution in [0.25, 0.3) is 0 Å². The highest BCUT2D eigenvalue weighted by atomic mass is 32.2. The van der Waals surface area contributed by atoms with E-state index in [0.29, 0.717) is 0 Å². The first-order chi connectivity index (χ1) is 8.91. The molecule has 3 nitrogen and oxygen atoms in total. The number of benzene rings is 1. The molecule has 0 spiro atoms. The Labute approximate surface area is 119 Å². The Bertz CT molecular complexity index is 517. The van der Waals surface area contributed by atoms with Gasteiger partial charge in [-0.05, 0) is 56.0 Å². The van der Waals surface area contributed by atoms with E-state index in [2.05, 4.69) is 31.7 Å². The maximum atomic E-state index is 5.18. The molecule has 4 heteroatoms. The smallest absolute Gasteiger partial charge is 0.168 e. The number of amidine groups is 1. The summed E-state index contributed by atoms with van der Waals surface area (Å²) in [4.78, 5) is 8.18. The van der Waals surface area contributed by atoms with Crippen molar-refractivity contribution in [3.63, 3.8) is 0 Å². The number of rotatable bonds is 2. The van der Waals surface area contributed by atoms with E-state index in [1.54, 1.807) is 18.9 Å². The van der Waals surface area contributed by atoms with Gasteiger partial charge in [-0.1, -0.05) is 11.8 Å². The predicted molar refractivity (Wildman–Crippen MR) is 84.3 cm³/mol. The molecule has 1 aromatic carbocycles. The van der Waals surface area contributed by atoms with Crippen molar-refractivity contribution < 1.29 is 4.74 Å². The molecule has 0 aromatic heterocycles. The maximum Gasteiger partial charge on any atom is 0.168 e. The lowest BCUT2D eigenvalue weighted by Crippen LogP contribution is -2.30. The zero-order chi connectivity index (χ0) is 14.0. The molecule has 102 valence electrons. The van der Waals surface area contributed by atoms with Gasteiger partial charge in [-0.2, -0.15) is 0 Å². The van der Waals surface area contributed by atoms with Crippen LogP contribution in [0.2, 0.25) is 0 Å². The summed E-state index contributed by atoms with van der Waals surface area (Å²) >= 11 is 1.71. The van der Waals surface area contributed by atoms with Crippen molar-refractivity contribution in [1.29, 1.82) is 0 Å². The summed E-state index contributed by atoms with van der Waals surface area (Å²) < 4.78 is 5.18. The average Bonchev–Trinajstić information content (AvgIpc) is 2.35. The minimum atomic E-state index is -0.134. The van der Waals surface area contributed by atoms with Crippen molar-refractivity contribution in [2.24, 2.45) is 4.99 Å². The molecule has 1 heterocycles. The molecule has 0 radical (unpaired) electrons. The highest BCUT2D eigenvalue weighted by Gasteiger charge is 2.23. The molecule has 0 fully saturated rings. The van der Waals surface area contributed by atoms with Crippen LogP contribution in [0.5, 0.6) is 5.75 Å². The van der Waals surface area contributed by atoms with Gasteiger partial charge in [-0.25, -0.2) is 0 Å². The third-order valence-electron chi connectivity index (χ3n) is 2.94. The zero-order valence-corrected chi connectivity index (χ0v) is 12.9. The van der Waals surface area contributed by atoms with Crippen molar-refractivity contribution in [2.45, 2.75) is 26.3 Å². The second-order valence-electron chi connectivity index (χ2n) is 5.16. The summed E-state index contributed by atoms with van der Waals surface area (Å²) in [5.74, 6) is 0.867. The molecule has 1 aliphatic rings. The molecule has 0 amide bonds. The lowest BCUT2D eigenvalue weighted by molar-refractivity contribution is 0.415. The minimum Gasteiger partial charge on any atom is -0.497 e. The molecule has 0 unspecified atom stereocenters. The molecule has 0 saturated carbocycles. The molecule has 2 rings (SSSR count). The van der Waals surface area contributed by atoms with E-state index >= 15 is 0 Å². The van der Waals surface area contributed by atoms with Crippen LogP contribution in [0.1, 0.15) is 20.8 Å². The van der Waals surface area contributed by atoms with Crippen LogP contribution in [0, 0.1) is 0 Å². The van der Waals surface area contributed by atoms with E-state index in [-0.39, 0.29) is 5.54 Å². The first kappa shape index (κ1) is 14.0. The van der Waals surface area contributed by atoms with Crippen LogP contribution >= 0.6 is 11.8 Å². The topological polar surface area (TPSA) is 24.8 Å². The Hall–Kier alpha value is -1.42. The van der Waals surface area contributed by atoms with Crippen LogP contribution in [-0.2, 0) is 0 Å². The summed E-state index contributed by atoms with van der Waals surface area (Å²) in [6, 6.07) is 8.02. The SMILES string of the molecule is COc1ccc(N(C)C2=NC(C)(C)C=C(C)S2)cc1. The minimum absolute atomic E-state index is 0.134. The van der Waals surface area contributed by atoms with Gasteiger partial charge in [-0.3, -0.25) is 4.99 Å². The lowest BCUT2D eigenvalue weighted by Gasteiger charge is -2.29. The second kappa shape index (κ2) is 5.29. The third kappa shape index (κ3) is 3.32.